The molecule has 0 saturated carbocycles. The van der Waals surface area contributed by atoms with Crippen LogP contribution in [0.5, 0.6) is 0 Å². The van der Waals surface area contributed by atoms with Crippen molar-refractivity contribution in [3.05, 3.63) is 35.1 Å². The minimum atomic E-state index is -0.460. The number of hydrogen-bond donors (Lipinski definition) is 0. The largest absolute Gasteiger partial charge is 0.455 e. The van der Waals surface area contributed by atoms with E-state index in [1.165, 1.54) is 11.8 Å². The van der Waals surface area contributed by atoms with Gasteiger partial charge in [-0.25, -0.2) is 0 Å². The van der Waals surface area contributed by atoms with Gasteiger partial charge in [-0.1, -0.05) is 43.3 Å². The number of rotatable bonds is 6. The first-order valence-corrected chi connectivity index (χ1v) is 10.9. The molecule has 1 aromatic carbocycles. The normalized spacial score (nSPS) is 19.2. The molecule has 1 aliphatic heterocycles. The van der Waals surface area contributed by atoms with Crippen molar-refractivity contribution in [2.45, 2.75) is 32.3 Å². The van der Waals surface area contributed by atoms with Crippen LogP contribution < -0.4 is 0 Å². The molecule has 1 aliphatic rings. The van der Waals surface area contributed by atoms with E-state index < -0.39 is 5.97 Å². The van der Waals surface area contributed by atoms with Crippen molar-refractivity contribution in [2.24, 2.45) is 11.8 Å². The van der Waals surface area contributed by atoms with Gasteiger partial charge in [-0.2, -0.15) is 0 Å². The summed E-state index contributed by atoms with van der Waals surface area (Å²) in [7, 11) is 0. The number of halogens is 1. The summed E-state index contributed by atoms with van der Waals surface area (Å²) < 4.78 is 6.93. The summed E-state index contributed by atoms with van der Waals surface area (Å²) in [5, 5.41) is 9.16. The first-order chi connectivity index (χ1) is 13.8. The summed E-state index contributed by atoms with van der Waals surface area (Å²) >= 11 is 7.39. The van der Waals surface area contributed by atoms with Gasteiger partial charge in [-0.05, 0) is 42.9 Å². The van der Waals surface area contributed by atoms with Crippen LogP contribution in [0.25, 0.3) is 5.69 Å². The fraction of sp³-hybridized carbons (Fsp3) is 0.500. The Morgan fingerprint density at radius 2 is 2.00 bits per heavy atom. The number of thioether (sulfide) groups is 1. The van der Waals surface area contributed by atoms with Gasteiger partial charge in [-0.3, -0.25) is 14.2 Å². The first kappa shape index (κ1) is 21.6. The van der Waals surface area contributed by atoms with Crippen LogP contribution >= 0.6 is 23.4 Å². The molecule has 1 amide bonds. The van der Waals surface area contributed by atoms with Crippen molar-refractivity contribution in [3.8, 4) is 5.69 Å². The molecule has 1 aromatic heterocycles. The van der Waals surface area contributed by atoms with Crippen molar-refractivity contribution in [2.75, 3.05) is 25.4 Å². The molecule has 0 spiro atoms. The smallest absolute Gasteiger partial charge is 0.316 e. The van der Waals surface area contributed by atoms with E-state index in [-0.39, 0.29) is 18.3 Å². The fourth-order valence-electron chi connectivity index (χ4n) is 3.50. The molecule has 156 valence electrons. The second kappa shape index (κ2) is 9.63. The van der Waals surface area contributed by atoms with E-state index in [0.29, 0.717) is 22.0 Å². The fourth-order valence-corrected chi connectivity index (χ4v) is 4.40. The highest BCUT2D eigenvalue weighted by Gasteiger charge is 2.26. The summed E-state index contributed by atoms with van der Waals surface area (Å²) in [6.45, 7) is 7.41. The van der Waals surface area contributed by atoms with E-state index >= 15 is 0 Å². The van der Waals surface area contributed by atoms with Crippen LogP contribution in [0.15, 0.2) is 29.7 Å². The number of benzene rings is 1. The molecule has 9 heteroatoms. The van der Waals surface area contributed by atoms with Crippen LogP contribution in [0.1, 0.15) is 25.8 Å². The number of aryl methyl sites for hydroxylation is 1. The number of ether oxygens (including phenoxy) is 1. The van der Waals surface area contributed by atoms with Gasteiger partial charge in [0.05, 0.1) is 11.4 Å². The van der Waals surface area contributed by atoms with Gasteiger partial charge in [0.2, 0.25) is 0 Å². The number of amides is 1. The lowest BCUT2D eigenvalue weighted by Crippen LogP contribution is -2.44. The minimum Gasteiger partial charge on any atom is -0.455 e. The molecule has 2 unspecified atom stereocenters. The Labute approximate surface area is 179 Å². The number of carbonyl (C=O) groups is 2. The predicted molar refractivity (Wildman–Crippen MR) is 112 cm³/mol. The Morgan fingerprint density at radius 1 is 1.28 bits per heavy atom. The molecule has 0 aliphatic carbocycles. The third kappa shape index (κ3) is 5.73. The predicted octanol–water partition coefficient (Wildman–Crippen LogP) is 3.37. The SMILES string of the molecule is Cc1ccc(-n2cnnc2SCC(=O)OCC(=O)N2CC(C)CC(C)C2)cc1Cl. The summed E-state index contributed by atoms with van der Waals surface area (Å²) in [6.07, 6.45) is 2.68. The zero-order chi connectivity index (χ0) is 21.0. The second-order valence-corrected chi connectivity index (χ2v) is 8.96. The van der Waals surface area contributed by atoms with Gasteiger partial charge in [0.25, 0.3) is 5.91 Å². The molecule has 2 heterocycles. The molecule has 1 fully saturated rings. The topological polar surface area (TPSA) is 77.3 Å². The number of aromatic nitrogens is 3. The molecule has 29 heavy (non-hydrogen) atoms. The van der Waals surface area contributed by atoms with Gasteiger partial charge >= 0.3 is 5.97 Å². The highest BCUT2D eigenvalue weighted by atomic mass is 35.5. The molecule has 0 radical (unpaired) electrons. The third-order valence-electron chi connectivity index (χ3n) is 4.85. The number of hydrogen-bond acceptors (Lipinski definition) is 6. The summed E-state index contributed by atoms with van der Waals surface area (Å²) in [5.74, 6) is 0.376. The lowest BCUT2D eigenvalue weighted by molar-refractivity contribution is -0.151. The molecular formula is C20H25ClN4O3S. The Hall–Kier alpha value is -2.06. The van der Waals surface area contributed by atoms with Crippen LogP contribution in [-0.2, 0) is 14.3 Å². The second-order valence-electron chi connectivity index (χ2n) is 7.61. The molecule has 2 atom stereocenters. The maximum absolute atomic E-state index is 12.3. The zero-order valence-corrected chi connectivity index (χ0v) is 18.4. The summed E-state index contributed by atoms with van der Waals surface area (Å²) in [6, 6.07) is 5.64. The van der Waals surface area contributed by atoms with Crippen LogP contribution in [0.4, 0.5) is 0 Å². The number of nitrogens with zero attached hydrogens (tertiary/aromatic N) is 4. The maximum atomic E-state index is 12.3. The molecule has 3 rings (SSSR count). The maximum Gasteiger partial charge on any atom is 0.316 e. The monoisotopic (exact) mass is 436 g/mol. The average molecular weight is 437 g/mol. The first-order valence-electron chi connectivity index (χ1n) is 9.56. The Balaban J connectivity index is 1.51. The molecule has 1 saturated heterocycles. The lowest BCUT2D eigenvalue weighted by atomic mass is 9.92. The third-order valence-corrected chi connectivity index (χ3v) is 6.17. The molecular weight excluding hydrogens is 412 g/mol. The van der Waals surface area contributed by atoms with Crippen LogP contribution in [0, 0.1) is 18.8 Å². The van der Waals surface area contributed by atoms with Crippen molar-refractivity contribution in [1.82, 2.24) is 19.7 Å². The number of carbonyl (C=O) groups excluding carboxylic acids is 2. The Morgan fingerprint density at radius 3 is 2.69 bits per heavy atom. The summed E-state index contributed by atoms with van der Waals surface area (Å²) in [4.78, 5) is 26.2. The number of piperidine rings is 1. The van der Waals surface area contributed by atoms with E-state index in [1.54, 1.807) is 15.8 Å². The standard InChI is InChI=1S/C20H25ClN4O3S/c1-13-6-14(2)9-24(8-13)18(26)10-28-19(27)11-29-20-23-22-12-25(20)16-5-4-15(3)17(21)7-16/h4-5,7,12-14H,6,8-11H2,1-3H3. The van der Waals surface area contributed by atoms with Crippen LogP contribution in [-0.4, -0.2) is 57.0 Å². The quantitative estimate of drug-likeness (QED) is 0.510. The zero-order valence-electron chi connectivity index (χ0n) is 16.8. The number of likely N-dealkylation sites (tertiary alicyclic amines) is 1. The Kier molecular flexibility index (Phi) is 7.18. The molecule has 0 bridgehead atoms. The van der Waals surface area contributed by atoms with Gasteiger partial charge in [0.1, 0.15) is 6.33 Å². The van der Waals surface area contributed by atoms with E-state index in [4.69, 9.17) is 16.3 Å². The van der Waals surface area contributed by atoms with Crippen LogP contribution in [0.2, 0.25) is 5.02 Å². The van der Waals surface area contributed by atoms with Crippen LogP contribution in [0.3, 0.4) is 0 Å². The van der Waals surface area contributed by atoms with Crippen molar-refractivity contribution >= 4 is 35.2 Å². The van der Waals surface area contributed by atoms with E-state index in [9.17, 15) is 9.59 Å². The van der Waals surface area contributed by atoms with Gasteiger partial charge < -0.3 is 9.64 Å². The lowest BCUT2D eigenvalue weighted by Gasteiger charge is -2.34. The average Bonchev–Trinajstić information content (AvgIpc) is 3.14. The van der Waals surface area contributed by atoms with Gasteiger partial charge in [-0.15, -0.1) is 10.2 Å². The van der Waals surface area contributed by atoms with Crippen molar-refractivity contribution < 1.29 is 14.3 Å². The van der Waals surface area contributed by atoms with Crippen molar-refractivity contribution in [3.63, 3.8) is 0 Å². The van der Waals surface area contributed by atoms with Gasteiger partial charge in [0.15, 0.2) is 11.8 Å². The molecule has 0 N–H and O–H groups in total. The van der Waals surface area contributed by atoms with Crippen molar-refractivity contribution in [1.29, 1.82) is 0 Å². The van der Waals surface area contributed by atoms with E-state index in [2.05, 4.69) is 24.0 Å². The highest BCUT2D eigenvalue weighted by molar-refractivity contribution is 7.99. The van der Waals surface area contributed by atoms with E-state index in [1.807, 2.05) is 25.1 Å². The Bertz CT molecular complexity index is 878. The number of esters is 1. The summed E-state index contributed by atoms with van der Waals surface area (Å²) in [5.41, 5.74) is 1.79. The highest BCUT2D eigenvalue weighted by Crippen LogP contribution is 2.24. The molecule has 2 aromatic rings. The van der Waals surface area contributed by atoms with Gasteiger partial charge in [0, 0.05) is 18.1 Å². The van der Waals surface area contributed by atoms with E-state index in [0.717, 1.165) is 30.8 Å². The minimum absolute atomic E-state index is 0.0401. The molecule has 7 nitrogen and oxygen atoms in total.